The van der Waals surface area contributed by atoms with E-state index in [2.05, 4.69) is 17.1 Å². The molecule has 70 valence electrons. The molecular formula is C10H20N2. The van der Waals surface area contributed by atoms with Gasteiger partial charge in [0.25, 0.3) is 0 Å². The molecule has 12 heavy (non-hydrogen) atoms. The molecule has 0 aromatic heterocycles. The van der Waals surface area contributed by atoms with Crippen molar-refractivity contribution in [1.82, 2.24) is 10.2 Å². The van der Waals surface area contributed by atoms with Crippen molar-refractivity contribution in [2.45, 2.75) is 44.7 Å². The lowest BCUT2D eigenvalue weighted by atomic mass is 10.2. The van der Waals surface area contributed by atoms with E-state index in [9.17, 15) is 0 Å². The van der Waals surface area contributed by atoms with Crippen LogP contribution in [0, 0.1) is 0 Å². The Labute approximate surface area is 75.3 Å². The van der Waals surface area contributed by atoms with Crippen LogP contribution in [0.3, 0.4) is 0 Å². The van der Waals surface area contributed by atoms with Gasteiger partial charge in [0.15, 0.2) is 0 Å². The molecule has 1 heterocycles. The number of nitrogens with one attached hydrogen (secondary N) is 1. The maximum atomic E-state index is 3.56. The Balaban J connectivity index is 1.74. The molecule has 0 unspecified atom stereocenters. The minimum atomic E-state index is 0.797. The molecule has 1 saturated carbocycles. The summed E-state index contributed by atoms with van der Waals surface area (Å²) in [6, 6.07) is 1.74. The van der Waals surface area contributed by atoms with Crippen LogP contribution in [0.2, 0.25) is 0 Å². The summed E-state index contributed by atoms with van der Waals surface area (Å²) in [5, 5.41) is 3.56. The molecule has 2 fully saturated rings. The monoisotopic (exact) mass is 168 g/mol. The van der Waals surface area contributed by atoms with Gasteiger partial charge in [0.05, 0.1) is 0 Å². The molecule has 0 aromatic rings. The van der Waals surface area contributed by atoms with Gasteiger partial charge in [-0.05, 0) is 38.8 Å². The summed E-state index contributed by atoms with van der Waals surface area (Å²) in [6.45, 7) is 6.06. The number of nitrogens with zero attached hydrogens (tertiary/aromatic N) is 1. The topological polar surface area (TPSA) is 15.3 Å². The predicted molar refractivity (Wildman–Crippen MR) is 51.3 cm³/mol. The molecule has 2 rings (SSSR count). The molecule has 2 heteroatoms. The standard InChI is InChI=1S/C10H20N2/c1-2-12(10-5-6-10)8-9-4-3-7-11-9/h9-11H,2-8H2,1H3/t9-/m1/s1. The average molecular weight is 168 g/mol. The highest BCUT2D eigenvalue weighted by Gasteiger charge is 2.29. The summed E-state index contributed by atoms with van der Waals surface area (Å²) in [5.41, 5.74) is 0. The van der Waals surface area contributed by atoms with E-state index in [0.717, 1.165) is 12.1 Å². The third-order valence-corrected chi connectivity index (χ3v) is 3.09. The molecule has 0 radical (unpaired) electrons. The first-order chi connectivity index (χ1) is 5.90. The van der Waals surface area contributed by atoms with E-state index in [-0.39, 0.29) is 0 Å². The number of hydrogen-bond donors (Lipinski definition) is 1. The van der Waals surface area contributed by atoms with Crippen molar-refractivity contribution in [2.75, 3.05) is 19.6 Å². The van der Waals surface area contributed by atoms with Crippen LogP contribution >= 0.6 is 0 Å². The van der Waals surface area contributed by atoms with Crippen LogP contribution in [0.15, 0.2) is 0 Å². The molecular weight excluding hydrogens is 148 g/mol. The first-order valence-electron chi connectivity index (χ1n) is 5.37. The first-order valence-corrected chi connectivity index (χ1v) is 5.37. The number of rotatable bonds is 4. The van der Waals surface area contributed by atoms with Crippen LogP contribution < -0.4 is 5.32 Å². The zero-order chi connectivity index (χ0) is 8.39. The van der Waals surface area contributed by atoms with Gasteiger partial charge in [0.2, 0.25) is 0 Å². The second kappa shape index (κ2) is 3.75. The molecule has 1 N–H and O–H groups in total. The van der Waals surface area contributed by atoms with E-state index in [1.54, 1.807) is 0 Å². The maximum Gasteiger partial charge on any atom is 0.0195 e. The molecule has 0 amide bonds. The molecule has 1 saturated heterocycles. The van der Waals surface area contributed by atoms with Gasteiger partial charge >= 0.3 is 0 Å². The lowest BCUT2D eigenvalue weighted by molar-refractivity contribution is 0.252. The largest absolute Gasteiger partial charge is 0.313 e. The second-order valence-corrected chi connectivity index (χ2v) is 4.11. The van der Waals surface area contributed by atoms with Gasteiger partial charge < -0.3 is 5.32 Å². The predicted octanol–water partition coefficient (Wildman–Crippen LogP) is 1.22. The molecule has 0 spiro atoms. The van der Waals surface area contributed by atoms with E-state index < -0.39 is 0 Å². The highest BCUT2D eigenvalue weighted by molar-refractivity contribution is 4.87. The summed E-state index contributed by atoms with van der Waals surface area (Å²) in [4.78, 5) is 2.64. The van der Waals surface area contributed by atoms with E-state index in [1.165, 1.54) is 45.3 Å². The fraction of sp³-hybridized carbons (Fsp3) is 1.00. The van der Waals surface area contributed by atoms with Crippen molar-refractivity contribution in [3.05, 3.63) is 0 Å². The van der Waals surface area contributed by atoms with E-state index in [1.807, 2.05) is 0 Å². The smallest absolute Gasteiger partial charge is 0.0195 e. The van der Waals surface area contributed by atoms with Crippen molar-refractivity contribution in [2.24, 2.45) is 0 Å². The summed E-state index contributed by atoms with van der Waals surface area (Å²) in [5.74, 6) is 0. The van der Waals surface area contributed by atoms with Crippen LogP contribution in [-0.4, -0.2) is 36.6 Å². The lowest BCUT2D eigenvalue weighted by Gasteiger charge is -2.23. The minimum absolute atomic E-state index is 0.797. The van der Waals surface area contributed by atoms with Gasteiger partial charge in [-0.25, -0.2) is 0 Å². The number of likely N-dealkylation sites (N-methyl/N-ethyl adjacent to an activating group) is 1. The van der Waals surface area contributed by atoms with Gasteiger partial charge in [0.1, 0.15) is 0 Å². The van der Waals surface area contributed by atoms with Crippen LogP contribution in [-0.2, 0) is 0 Å². The van der Waals surface area contributed by atoms with Gasteiger partial charge in [-0.1, -0.05) is 6.92 Å². The van der Waals surface area contributed by atoms with Gasteiger partial charge in [-0.15, -0.1) is 0 Å². The second-order valence-electron chi connectivity index (χ2n) is 4.11. The van der Waals surface area contributed by atoms with E-state index in [0.29, 0.717) is 0 Å². The Morgan fingerprint density at radius 2 is 2.17 bits per heavy atom. The van der Waals surface area contributed by atoms with Gasteiger partial charge in [-0.3, -0.25) is 4.90 Å². The summed E-state index contributed by atoms with van der Waals surface area (Å²) < 4.78 is 0. The Morgan fingerprint density at radius 1 is 1.33 bits per heavy atom. The van der Waals surface area contributed by atoms with Crippen molar-refractivity contribution < 1.29 is 0 Å². The summed E-state index contributed by atoms with van der Waals surface area (Å²) in [6.07, 6.45) is 5.66. The van der Waals surface area contributed by atoms with Crippen molar-refractivity contribution in [1.29, 1.82) is 0 Å². The quantitative estimate of drug-likeness (QED) is 0.679. The summed E-state index contributed by atoms with van der Waals surface area (Å²) >= 11 is 0. The Bertz CT molecular complexity index is 137. The van der Waals surface area contributed by atoms with Gasteiger partial charge in [0, 0.05) is 18.6 Å². The first kappa shape index (κ1) is 8.52. The molecule has 2 nitrogen and oxygen atoms in total. The molecule has 1 aliphatic heterocycles. The average Bonchev–Trinajstić information content (AvgIpc) is 2.80. The molecule has 1 atom stereocenters. The van der Waals surface area contributed by atoms with Crippen molar-refractivity contribution >= 4 is 0 Å². The SMILES string of the molecule is CCN(C[C@H]1CCCN1)C1CC1. The zero-order valence-corrected chi connectivity index (χ0v) is 8.05. The van der Waals surface area contributed by atoms with Crippen LogP contribution in [0.5, 0.6) is 0 Å². The lowest BCUT2D eigenvalue weighted by Crippen LogP contribution is -2.38. The zero-order valence-electron chi connectivity index (χ0n) is 8.05. The van der Waals surface area contributed by atoms with Crippen LogP contribution in [0.25, 0.3) is 0 Å². The highest BCUT2D eigenvalue weighted by atomic mass is 15.2. The van der Waals surface area contributed by atoms with E-state index in [4.69, 9.17) is 0 Å². The van der Waals surface area contributed by atoms with Crippen LogP contribution in [0.4, 0.5) is 0 Å². The van der Waals surface area contributed by atoms with Crippen LogP contribution in [0.1, 0.15) is 32.6 Å². The Hall–Kier alpha value is -0.0800. The van der Waals surface area contributed by atoms with Crippen molar-refractivity contribution in [3.63, 3.8) is 0 Å². The minimum Gasteiger partial charge on any atom is -0.313 e. The maximum absolute atomic E-state index is 3.56. The molecule has 0 aromatic carbocycles. The molecule has 0 bridgehead atoms. The third kappa shape index (κ3) is 1.99. The highest BCUT2D eigenvalue weighted by Crippen LogP contribution is 2.27. The third-order valence-electron chi connectivity index (χ3n) is 3.09. The number of hydrogen-bond acceptors (Lipinski definition) is 2. The van der Waals surface area contributed by atoms with E-state index >= 15 is 0 Å². The summed E-state index contributed by atoms with van der Waals surface area (Å²) in [7, 11) is 0. The molecule has 2 aliphatic rings. The fourth-order valence-corrected chi connectivity index (χ4v) is 2.17. The Morgan fingerprint density at radius 3 is 2.67 bits per heavy atom. The Kier molecular flexibility index (Phi) is 2.66. The normalized spacial score (nSPS) is 30.0. The fourth-order valence-electron chi connectivity index (χ4n) is 2.17. The van der Waals surface area contributed by atoms with Gasteiger partial charge in [-0.2, -0.15) is 0 Å². The van der Waals surface area contributed by atoms with Crippen molar-refractivity contribution in [3.8, 4) is 0 Å². The molecule has 1 aliphatic carbocycles.